The first-order chi connectivity index (χ1) is 18.8. The lowest BCUT2D eigenvalue weighted by molar-refractivity contribution is -0.107. The summed E-state index contributed by atoms with van der Waals surface area (Å²) in [5, 5.41) is 6.97. The maximum Gasteiger partial charge on any atom is 0.314 e. The van der Waals surface area contributed by atoms with E-state index in [9.17, 15) is 13.6 Å². The van der Waals surface area contributed by atoms with Crippen LogP contribution < -0.4 is 9.80 Å². The Morgan fingerprint density at radius 1 is 1.13 bits per heavy atom. The van der Waals surface area contributed by atoms with Crippen LogP contribution in [-0.4, -0.2) is 64.7 Å². The number of hydrogen-bond donors (Lipinski definition) is 0. The molecule has 12 heteroatoms. The number of likely N-dealkylation sites (tertiary alicyclic amines) is 1. The van der Waals surface area contributed by atoms with E-state index in [1.165, 1.54) is 12.3 Å². The van der Waals surface area contributed by atoms with Crippen LogP contribution >= 0.6 is 0 Å². The number of benzene rings is 1. The maximum atomic E-state index is 15.5. The number of hydrogen-bond acceptors (Lipinski definition) is 8. The number of aromatic nitrogens is 4. The standard InChI is InChI=1S/C27H26F3N7O2/c1-35-10-7-20(15-35)37(16-38)24-11-21(17-5-8-31-9-6-17)22(28)12-23(24)36(2)14-19-4-3-18(13-32-19)26-33-34-27(39-26)25(29)30/h3-6,8-9,11-13,16,20,25H,7,10,14-15H2,1-2H3. The molecule has 1 aliphatic rings. The maximum absolute atomic E-state index is 15.5. The SMILES string of the molecule is CN1CCC(N(C=O)c2cc(-c3ccncc3)c(F)cc2N(C)Cc2ccc(-c3nnc(C(F)F)o3)cn2)C1. The largest absolute Gasteiger partial charge is 0.415 e. The molecule has 0 saturated carbocycles. The van der Waals surface area contributed by atoms with Gasteiger partial charge in [-0.05, 0) is 62.0 Å². The van der Waals surface area contributed by atoms with Crippen LogP contribution in [0.4, 0.5) is 24.5 Å². The zero-order valence-electron chi connectivity index (χ0n) is 21.3. The normalized spacial score (nSPS) is 15.6. The molecule has 1 unspecified atom stereocenters. The van der Waals surface area contributed by atoms with E-state index in [1.807, 2.05) is 11.9 Å². The minimum atomic E-state index is -2.86. The summed E-state index contributed by atoms with van der Waals surface area (Å²) in [6.45, 7) is 1.84. The molecule has 0 spiro atoms. The highest BCUT2D eigenvalue weighted by molar-refractivity contribution is 5.88. The predicted octanol–water partition coefficient (Wildman–Crippen LogP) is 4.57. The highest BCUT2D eigenvalue weighted by Crippen LogP contribution is 2.38. The van der Waals surface area contributed by atoms with Gasteiger partial charge in [0, 0.05) is 37.7 Å². The molecule has 1 atom stereocenters. The monoisotopic (exact) mass is 537 g/mol. The van der Waals surface area contributed by atoms with Gasteiger partial charge in [0.15, 0.2) is 0 Å². The molecule has 1 saturated heterocycles. The molecule has 9 nitrogen and oxygen atoms in total. The quantitative estimate of drug-likeness (QED) is 0.287. The number of likely N-dealkylation sites (N-methyl/N-ethyl adjacent to an activating group) is 1. The number of pyridine rings is 2. The minimum Gasteiger partial charge on any atom is -0.415 e. The highest BCUT2D eigenvalue weighted by atomic mass is 19.3. The molecule has 1 fully saturated rings. The molecule has 1 aliphatic heterocycles. The van der Waals surface area contributed by atoms with Gasteiger partial charge >= 0.3 is 6.43 Å². The Kier molecular flexibility index (Phi) is 7.55. The first-order valence-electron chi connectivity index (χ1n) is 12.3. The van der Waals surface area contributed by atoms with E-state index in [2.05, 4.69) is 25.1 Å². The van der Waals surface area contributed by atoms with Gasteiger partial charge in [0.05, 0.1) is 35.2 Å². The molecule has 5 rings (SSSR count). The van der Waals surface area contributed by atoms with E-state index in [0.29, 0.717) is 40.3 Å². The molecule has 39 heavy (non-hydrogen) atoms. The van der Waals surface area contributed by atoms with Crippen molar-refractivity contribution in [2.75, 3.05) is 37.0 Å². The molecular formula is C27H26F3N7O2. The van der Waals surface area contributed by atoms with E-state index in [4.69, 9.17) is 4.42 Å². The molecule has 4 heterocycles. The summed E-state index contributed by atoms with van der Waals surface area (Å²) in [6, 6.07) is 9.86. The van der Waals surface area contributed by atoms with Crippen LogP contribution in [0.15, 0.2) is 59.4 Å². The number of alkyl halides is 2. The van der Waals surface area contributed by atoms with E-state index < -0.39 is 18.1 Å². The third-order valence-electron chi connectivity index (χ3n) is 6.72. The summed E-state index contributed by atoms with van der Waals surface area (Å²) < 4.78 is 46.0. The number of carbonyl (C=O) groups excluding carboxylic acids is 1. The minimum absolute atomic E-state index is 0.0552. The van der Waals surface area contributed by atoms with E-state index in [-0.39, 0.29) is 18.5 Å². The van der Waals surface area contributed by atoms with E-state index in [1.54, 1.807) is 54.7 Å². The lowest BCUT2D eigenvalue weighted by Gasteiger charge is -2.31. The van der Waals surface area contributed by atoms with E-state index in [0.717, 1.165) is 19.4 Å². The Morgan fingerprint density at radius 3 is 2.54 bits per heavy atom. The average molecular weight is 538 g/mol. The molecular weight excluding hydrogens is 511 g/mol. The Morgan fingerprint density at radius 2 is 1.92 bits per heavy atom. The van der Waals surface area contributed by atoms with Gasteiger partial charge < -0.3 is 19.1 Å². The number of amides is 1. The van der Waals surface area contributed by atoms with Crippen LogP contribution in [0.1, 0.15) is 24.4 Å². The van der Waals surface area contributed by atoms with Crippen LogP contribution in [0.5, 0.6) is 0 Å². The number of halogens is 3. The second kappa shape index (κ2) is 11.2. The highest BCUT2D eigenvalue weighted by Gasteiger charge is 2.29. The zero-order chi connectivity index (χ0) is 27.5. The predicted molar refractivity (Wildman–Crippen MR) is 139 cm³/mol. The van der Waals surface area contributed by atoms with Gasteiger partial charge in [-0.15, -0.1) is 10.2 Å². The molecule has 1 aromatic carbocycles. The van der Waals surface area contributed by atoms with E-state index >= 15 is 4.39 Å². The number of rotatable bonds is 9. The fourth-order valence-corrected chi connectivity index (χ4v) is 4.71. The van der Waals surface area contributed by atoms with Crippen molar-refractivity contribution >= 4 is 17.8 Å². The van der Waals surface area contributed by atoms with Crippen molar-refractivity contribution in [2.24, 2.45) is 0 Å². The van der Waals surface area contributed by atoms with Crippen molar-refractivity contribution in [3.05, 3.63) is 72.4 Å². The summed E-state index contributed by atoms with van der Waals surface area (Å²) in [5.41, 5.74) is 3.15. The van der Waals surface area contributed by atoms with Gasteiger partial charge in [0.25, 0.3) is 5.89 Å². The number of nitrogens with zero attached hydrogens (tertiary/aromatic N) is 7. The lowest BCUT2D eigenvalue weighted by atomic mass is 10.0. The molecule has 0 aliphatic carbocycles. The summed E-state index contributed by atoms with van der Waals surface area (Å²) in [6.07, 6.45) is 3.38. The summed E-state index contributed by atoms with van der Waals surface area (Å²) >= 11 is 0. The van der Waals surface area contributed by atoms with Crippen molar-refractivity contribution in [1.82, 2.24) is 25.1 Å². The van der Waals surface area contributed by atoms with Crippen molar-refractivity contribution in [2.45, 2.75) is 25.4 Å². The smallest absolute Gasteiger partial charge is 0.314 e. The third kappa shape index (κ3) is 5.60. The van der Waals surface area contributed by atoms with Crippen molar-refractivity contribution < 1.29 is 22.4 Å². The van der Waals surface area contributed by atoms with Gasteiger partial charge in [-0.1, -0.05) is 0 Å². The number of anilines is 2. The van der Waals surface area contributed by atoms with Crippen LogP contribution in [0.2, 0.25) is 0 Å². The second-order valence-electron chi connectivity index (χ2n) is 9.41. The Bertz CT molecular complexity index is 1430. The van der Waals surface area contributed by atoms with Crippen molar-refractivity contribution in [3.8, 4) is 22.6 Å². The van der Waals surface area contributed by atoms with Crippen LogP contribution in [0.3, 0.4) is 0 Å². The van der Waals surface area contributed by atoms with Gasteiger partial charge in [-0.3, -0.25) is 14.8 Å². The first-order valence-corrected chi connectivity index (χ1v) is 12.3. The fourth-order valence-electron chi connectivity index (χ4n) is 4.71. The topological polar surface area (TPSA) is 91.5 Å². The van der Waals surface area contributed by atoms with Crippen LogP contribution in [-0.2, 0) is 11.3 Å². The first kappa shape index (κ1) is 26.3. The molecule has 0 bridgehead atoms. The average Bonchev–Trinajstić information content (AvgIpc) is 3.60. The summed E-state index contributed by atoms with van der Waals surface area (Å²) in [5.74, 6) is -1.25. The van der Waals surface area contributed by atoms with Crippen LogP contribution in [0.25, 0.3) is 22.6 Å². The fraction of sp³-hybridized carbons (Fsp3) is 0.296. The Balaban J connectivity index is 1.46. The second-order valence-corrected chi connectivity index (χ2v) is 9.41. The lowest BCUT2D eigenvalue weighted by Crippen LogP contribution is -2.37. The molecule has 0 N–H and O–H groups in total. The van der Waals surface area contributed by atoms with Gasteiger partial charge in [-0.25, -0.2) is 4.39 Å². The Hall–Kier alpha value is -4.32. The van der Waals surface area contributed by atoms with Gasteiger partial charge in [0.1, 0.15) is 5.82 Å². The number of carbonyl (C=O) groups is 1. The molecule has 0 radical (unpaired) electrons. The van der Waals surface area contributed by atoms with Gasteiger partial charge in [-0.2, -0.15) is 8.78 Å². The van der Waals surface area contributed by atoms with Crippen LogP contribution in [0, 0.1) is 5.82 Å². The molecule has 3 aromatic heterocycles. The summed E-state index contributed by atoms with van der Waals surface area (Å²) in [4.78, 5) is 26.4. The molecule has 4 aromatic rings. The van der Waals surface area contributed by atoms with Crippen molar-refractivity contribution in [3.63, 3.8) is 0 Å². The molecule has 1 amide bonds. The molecule has 202 valence electrons. The Labute approximate surface area is 222 Å². The van der Waals surface area contributed by atoms with Gasteiger partial charge in [0.2, 0.25) is 12.3 Å². The third-order valence-corrected chi connectivity index (χ3v) is 6.72. The zero-order valence-corrected chi connectivity index (χ0v) is 21.3. The summed E-state index contributed by atoms with van der Waals surface area (Å²) in [7, 11) is 3.79. The van der Waals surface area contributed by atoms with Crippen molar-refractivity contribution in [1.29, 1.82) is 0 Å².